The van der Waals surface area contributed by atoms with E-state index in [9.17, 15) is 9.59 Å². The van der Waals surface area contributed by atoms with Crippen LogP contribution in [-0.2, 0) is 9.53 Å². The predicted molar refractivity (Wildman–Crippen MR) is 122 cm³/mol. The summed E-state index contributed by atoms with van der Waals surface area (Å²) in [5, 5.41) is 0. The molecule has 0 spiro atoms. The molecule has 0 fully saturated rings. The first-order valence-electron chi connectivity index (χ1n) is 10.7. The third-order valence-corrected chi connectivity index (χ3v) is 5.03. The highest BCUT2D eigenvalue weighted by molar-refractivity contribution is 5.94. The number of rotatable bonds is 10. The molecule has 0 aliphatic heterocycles. The SMILES string of the molecule is CCCN(CCC)C(=O)COc1ccc(-c2nc3ccc(C(=O)OC)cc3[nH]2)cc1OC. The van der Waals surface area contributed by atoms with Crippen LogP contribution in [0.4, 0.5) is 0 Å². The van der Waals surface area contributed by atoms with Crippen molar-refractivity contribution in [1.82, 2.24) is 14.9 Å². The van der Waals surface area contributed by atoms with E-state index in [1.54, 1.807) is 37.4 Å². The molecular formula is C24H29N3O5. The molecule has 0 unspecified atom stereocenters. The molecule has 0 bridgehead atoms. The van der Waals surface area contributed by atoms with Gasteiger partial charge in [0.1, 0.15) is 5.82 Å². The van der Waals surface area contributed by atoms with Crippen molar-refractivity contribution in [3.8, 4) is 22.9 Å². The Kier molecular flexibility index (Phi) is 7.70. The molecule has 0 atom stereocenters. The highest BCUT2D eigenvalue weighted by Gasteiger charge is 2.16. The minimum absolute atomic E-state index is 0.0430. The first-order valence-corrected chi connectivity index (χ1v) is 10.7. The Balaban J connectivity index is 1.79. The summed E-state index contributed by atoms with van der Waals surface area (Å²) in [6.45, 7) is 5.49. The molecular weight excluding hydrogens is 410 g/mol. The number of H-pyrrole nitrogens is 1. The Bertz CT molecular complexity index is 1090. The second-order valence-corrected chi connectivity index (χ2v) is 7.34. The summed E-state index contributed by atoms with van der Waals surface area (Å²) in [7, 11) is 2.90. The third-order valence-electron chi connectivity index (χ3n) is 5.03. The number of aromatic nitrogens is 2. The van der Waals surface area contributed by atoms with Gasteiger partial charge >= 0.3 is 5.97 Å². The summed E-state index contributed by atoms with van der Waals surface area (Å²) < 4.78 is 16.0. The lowest BCUT2D eigenvalue weighted by Gasteiger charge is -2.21. The smallest absolute Gasteiger partial charge is 0.337 e. The first-order chi connectivity index (χ1) is 15.5. The van der Waals surface area contributed by atoms with Crippen LogP contribution in [0.2, 0.25) is 0 Å². The molecule has 32 heavy (non-hydrogen) atoms. The standard InChI is InChI=1S/C24H29N3O5/c1-5-11-27(12-6-2)22(28)15-32-20-10-8-16(14-21(20)30-3)23-25-18-9-7-17(24(29)31-4)13-19(18)26-23/h7-10,13-14H,5-6,11-12,15H2,1-4H3,(H,25,26). The largest absolute Gasteiger partial charge is 0.493 e. The topological polar surface area (TPSA) is 93.8 Å². The lowest BCUT2D eigenvalue weighted by atomic mass is 10.2. The zero-order valence-electron chi connectivity index (χ0n) is 18.9. The fraction of sp³-hybridized carbons (Fsp3) is 0.375. The van der Waals surface area contributed by atoms with Crippen LogP contribution in [0.3, 0.4) is 0 Å². The minimum Gasteiger partial charge on any atom is -0.493 e. The molecule has 0 aliphatic rings. The molecule has 1 amide bonds. The Hall–Kier alpha value is -3.55. The molecule has 0 radical (unpaired) electrons. The van der Waals surface area contributed by atoms with Crippen LogP contribution in [0.1, 0.15) is 37.0 Å². The van der Waals surface area contributed by atoms with Gasteiger partial charge in [0.05, 0.1) is 30.8 Å². The third kappa shape index (κ3) is 5.19. The van der Waals surface area contributed by atoms with Crippen molar-refractivity contribution < 1.29 is 23.8 Å². The van der Waals surface area contributed by atoms with Crippen molar-refractivity contribution in [3.05, 3.63) is 42.0 Å². The van der Waals surface area contributed by atoms with Crippen LogP contribution in [0.5, 0.6) is 11.5 Å². The van der Waals surface area contributed by atoms with Crippen molar-refractivity contribution in [2.75, 3.05) is 33.9 Å². The molecule has 3 rings (SSSR count). The maximum absolute atomic E-state index is 12.5. The summed E-state index contributed by atoms with van der Waals surface area (Å²) in [4.78, 5) is 33.9. The van der Waals surface area contributed by atoms with Gasteiger partial charge in [-0.2, -0.15) is 0 Å². The molecule has 3 aromatic rings. The van der Waals surface area contributed by atoms with E-state index in [-0.39, 0.29) is 12.5 Å². The lowest BCUT2D eigenvalue weighted by molar-refractivity contribution is -0.133. The number of aromatic amines is 1. The molecule has 1 heterocycles. The van der Waals surface area contributed by atoms with Crippen LogP contribution in [0.25, 0.3) is 22.4 Å². The number of hydrogen-bond acceptors (Lipinski definition) is 6. The predicted octanol–water partition coefficient (Wildman–Crippen LogP) is 4.05. The number of esters is 1. The summed E-state index contributed by atoms with van der Waals surface area (Å²) in [6.07, 6.45) is 1.81. The number of nitrogens with one attached hydrogen (secondary N) is 1. The van der Waals surface area contributed by atoms with Crippen molar-refractivity contribution in [3.63, 3.8) is 0 Å². The van der Waals surface area contributed by atoms with Gasteiger partial charge in [-0.1, -0.05) is 13.8 Å². The van der Waals surface area contributed by atoms with E-state index in [1.807, 2.05) is 24.8 Å². The Morgan fingerprint density at radius 3 is 2.41 bits per heavy atom. The summed E-state index contributed by atoms with van der Waals surface area (Å²) in [5.41, 5.74) is 2.68. The molecule has 8 nitrogen and oxygen atoms in total. The van der Waals surface area contributed by atoms with Crippen LogP contribution in [-0.4, -0.2) is 60.7 Å². The van der Waals surface area contributed by atoms with E-state index in [1.165, 1.54) is 7.11 Å². The number of nitrogens with zero attached hydrogens (tertiary/aromatic N) is 2. The van der Waals surface area contributed by atoms with Gasteiger partial charge in [0, 0.05) is 18.7 Å². The summed E-state index contributed by atoms with van der Waals surface area (Å²) in [6, 6.07) is 10.6. The fourth-order valence-corrected chi connectivity index (χ4v) is 3.46. The maximum atomic E-state index is 12.5. The highest BCUT2D eigenvalue weighted by Crippen LogP contribution is 2.32. The Morgan fingerprint density at radius 1 is 1.00 bits per heavy atom. The number of hydrogen-bond donors (Lipinski definition) is 1. The number of carbonyl (C=O) groups is 2. The van der Waals surface area contributed by atoms with Gasteiger partial charge in [0.25, 0.3) is 5.91 Å². The van der Waals surface area contributed by atoms with Crippen LogP contribution < -0.4 is 9.47 Å². The van der Waals surface area contributed by atoms with Crippen molar-refractivity contribution in [2.45, 2.75) is 26.7 Å². The van der Waals surface area contributed by atoms with E-state index in [0.29, 0.717) is 22.9 Å². The molecule has 2 aromatic carbocycles. The van der Waals surface area contributed by atoms with Crippen LogP contribution in [0.15, 0.2) is 36.4 Å². The summed E-state index contributed by atoms with van der Waals surface area (Å²) >= 11 is 0. The zero-order valence-corrected chi connectivity index (χ0v) is 18.9. The van der Waals surface area contributed by atoms with E-state index in [4.69, 9.17) is 14.2 Å². The fourth-order valence-electron chi connectivity index (χ4n) is 3.46. The molecule has 0 saturated carbocycles. The first kappa shape index (κ1) is 23.1. The number of methoxy groups -OCH3 is 2. The van der Waals surface area contributed by atoms with Crippen molar-refractivity contribution >= 4 is 22.9 Å². The number of fused-ring (bicyclic) bond motifs is 1. The zero-order chi connectivity index (χ0) is 23.1. The quantitative estimate of drug-likeness (QED) is 0.479. The monoisotopic (exact) mass is 439 g/mol. The maximum Gasteiger partial charge on any atom is 0.337 e. The second kappa shape index (κ2) is 10.7. The molecule has 8 heteroatoms. The van der Waals surface area contributed by atoms with Crippen molar-refractivity contribution in [2.24, 2.45) is 0 Å². The van der Waals surface area contributed by atoms with Gasteiger partial charge in [-0.15, -0.1) is 0 Å². The van der Waals surface area contributed by atoms with Gasteiger partial charge in [-0.25, -0.2) is 9.78 Å². The van der Waals surface area contributed by atoms with Crippen LogP contribution >= 0.6 is 0 Å². The second-order valence-electron chi connectivity index (χ2n) is 7.34. The van der Waals surface area contributed by atoms with E-state index >= 15 is 0 Å². The van der Waals surface area contributed by atoms with E-state index < -0.39 is 5.97 Å². The van der Waals surface area contributed by atoms with Gasteiger partial charge in [-0.05, 0) is 49.2 Å². The molecule has 1 aromatic heterocycles. The van der Waals surface area contributed by atoms with Gasteiger partial charge in [0.2, 0.25) is 0 Å². The summed E-state index contributed by atoms with van der Waals surface area (Å²) in [5.74, 6) is 1.17. The van der Waals surface area contributed by atoms with Crippen LogP contribution in [0, 0.1) is 0 Å². The number of imidazole rings is 1. The number of ether oxygens (including phenoxy) is 3. The Morgan fingerprint density at radius 2 is 1.75 bits per heavy atom. The average Bonchev–Trinajstić information content (AvgIpc) is 3.25. The number of carbonyl (C=O) groups excluding carboxylic acids is 2. The lowest BCUT2D eigenvalue weighted by Crippen LogP contribution is -2.36. The molecule has 0 saturated heterocycles. The highest BCUT2D eigenvalue weighted by atomic mass is 16.5. The van der Waals surface area contributed by atoms with Gasteiger partial charge in [0.15, 0.2) is 18.1 Å². The molecule has 170 valence electrons. The Labute approximate surface area is 187 Å². The van der Waals surface area contributed by atoms with E-state index in [0.717, 1.165) is 42.5 Å². The number of amides is 1. The van der Waals surface area contributed by atoms with Gasteiger partial charge in [-0.3, -0.25) is 4.79 Å². The van der Waals surface area contributed by atoms with Crippen molar-refractivity contribution in [1.29, 1.82) is 0 Å². The average molecular weight is 440 g/mol. The normalized spacial score (nSPS) is 10.8. The molecule has 1 N–H and O–H groups in total. The number of benzene rings is 2. The van der Waals surface area contributed by atoms with Gasteiger partial charge < -0.3 is 24.1 Å². The minimum atomic E-state index is -0.405. The molecule has 0 aliphatic carbocycles. The van der Waals surface area contributed by atoms with E-state index in [2.05, 4.69) is 9.97 Å².